The minimum Gasteiger partial charge on any atom is -0.508 e. The molecule has 1 aromatic carbocycles. The van der Waals surface area contributed by atoms with Gasteiger partial charge in [0.05, 0.1) is 5.57 Å². The summed E-state index contributed by atoms with van der Waals surface area (Å²) in [6.07, 6.45) is 1.57. The largest absolute Gasteiger partial charge is 0.508 e. The van der Waals surface area contributed by atoms with Gasteiger partial charge in [0.15, 0.2) is 0 Å². The minimum absolute atomic E-state index is 0.0700. The number of aromatic hydroxyl groups is 1. The molecule has 70 valence electrons. The van der Waals surface area contributed by atoms with Crippen LogP contribution in [0.3, 0.4) is 0 Å². The number of phenols is 1. The average Bonchev–Trinajstić information content (AvgIpc) is 2.16. The molecule has 1 aromatic rings. The summed E-state index contributed by atoms with van der Waals surface area (Å²) in [5.74, 6) is 0.177. The van der Waals surface area contributed by atoms with Gasteiger partial charge >= 0.3 is 0 Å². The fraction of sp³-hybridized carbons (Fsp3) is 0. The van der Waals surface area contributed by atoms with Gasteiger partial charge in [-0.1, -0.05) is 24.4 Å². The van der Waals surface area contributed by atoms with Crippen molar-refractivity contribution in [2.75, 3.05) is 0 Å². The maximum atomic E-state index is 9.02. The second-order valence-corrected chi connectivity index (χ2v) is 3.07. The fourth-order valence-electron chi connectivity index (χ4n) is 0.896. The summed E-state index contributed by atoms with van der Waals surface area (Å²) in [4.78, 5) is 0.0700. The van der Waals surface area contributed by atoms with Crippen LogP contribution in [0.4, 0.5) is 0 Å². The number of hydrogen-bond donors (Lipinski definition) is 2. The molecule has 0 amide bonds. The number of phenolic OH excluding ortho intramolecular Hbond substituents is 1. The second-order valence-electron chi connectivity index (χ2n) is 2.63. The van der Waals surface area contributed by atoms with Gasteiger partial charge in [-0.15, -0.1) is 0 Å². The molecule has 0 fully saturated rings. The Kier molecular flexibility index (Phi) is 3.21. The van der Waals surface area contributed by atoms with E-state index in [0.717, 1.165) is 5.56 Å². The molecule has 0 aliphatic carbocycles. The van der Waals surface area contributed by atoms with Crippen LogP contribution < -0.4 is 5.73 Å². The third-order valence-corrected chi connectivity index (χ3v) is 1.81. The van der Waals surface area contributed by atoms with Gasteiger partial charge < -0.3 is 10.8 Å². The molecule has 14 heavy (non-hydrogen) atoms. The Balaban J connectivity index is 3.03. The predicted octanol–water partition coefficient (Wildman–Crippen LogP) is 1.59. The zero-order valence-electron chi connectivity index (χ0n) is 7.27. The topological polar surface area (TPSA) is 70.0 Å². The van der Waals surface area contributed by atoms with Crippen LogP contribution in [0.5, 0.6) is 5.75 Å². The van der Waals surface area contributed by atoms with Gasteiger partial charge in [0.25, 0.3) is 0 Å². The van der Waals surface area contributed by atoms with Gasteiger partial charge in [0.1, 0.15) is 16.8 Å². The quantitative estimate of drug-likeness (QED) is 0.436. The van der Waals surface area contributed by atoms with E-state index in [1.165, 1.54) is 12.1 Å². The molecular weight excluding hydrogens is 196 g/mol. The summed E-state index contributed by atoms with van der Waals surface area (Å²) in [7, 11) is 0. The molecule has 0 atom stereocenters. The van der Waals surface area contributed by atoms with Gasteiger partial charge in [0.2, 0.25) is 0 Å². The van der Waals surface area contributed by atoms with Crippen LogP contribution in [-0.2, 0) is 0 Å². The number of nitrogens with two attached hydrogens (primary N) is 1. The van der Waals surface area contributed by atoms with E-state index in [9.17, 15) is 0 Å². The van der Waals surface area contributed by atoms with Gasteiger partial charge in [0, 0.05) is 0 Å². The second kappa shape index (κ2) is 4.40. The Morgan fingerprint density at radius 3 is 2.43 bits per heavy atom. The highest BCUT2D eigenvalue weighted by molar-refractivity contribution is 7.80. The molecule has 0 aliphatic heterocycles. The summed E-state index contributed by atoms with van der Waals surface area (Å²) in [5.41, 5.74) is 6.34. The maximum absolute atomic E-state index is 9.02. The molecule has 3 N–H and O–H groups in total. The Morgan fingerprint density at radius 2 is 2.00 bits per heavy atom. The van der Waals surface area contributed by atoms with E-state index < -0.39 is 0 Å². The van der Waals surface area contributed by atoms with E-state index in [-0.39, 0.29) is 16.3 Å². The van der Waals surface area contributed by atoms with Crippen LogP contribution in [0.15, 0.2) is 29.8 Å². The molecule has 0 bridgehead atoms. The molecule has 0 saturated heterocycles. The number of nitrogens with zero attached hydrogens (tertiary/aromatic N) is 1. The number of benzene rings is 1. The van der Waals surface area contributed by atoms with E-state index >= 15 is 0 Å². The lowest BCUT2D eigenvalue weighted by molar-refractivity contribution is 0.475. The molecule has 4 heteroatoms. The Labute approximate surface area is 87.1 Å². The van der Waals surface area contributed by atoms with E-state index in [0.29, 0.717) is 0 Å². The van der Waals surface area contributed by atoms with Crippen molar-refractivity contribution in [1.82, 2.24) is 0 Å². The summed E-state index contributed by atoms with van der Waals surface area (Å²) in [6.45, 7) is 0. The van der Waals surface area contributed by atoms with Crippen molar-refractivity contribution < 1.29 is 5.11 Å². The zero-order chi connectivity index (χ0) is 10.6. The third-order valence-electron chi connectivity index (χ3n) is 1.59. The highest BCUT2D eigenvalue weighted by Gasteiger charge is 1.98. The van der Waals surface area contributed by atoms with Crippen molar-refractivity contribution in [3.8, 4) is 11.8 Å². The number of nitriles is 1. The lowest BCUT2D eigenvalue weighted by Crippen LogP contribution is -2.09. The van der Waals surface area contributed by atoms with Crippen molar-refractivity contribution in [3.05, 3.63) is 35.4 Å². The van der Waals surface area contributed by atoms with Crippen LogP contribution in [0.25, 0.3) is 6.08 Å². The molecular formula is C10H8N2OS. The standard InChI is InChI=1S/C10H8N2OS/c11-6-8(10(12)14)5-7-1-3-9(13)4-2-7/h1-5,13H,(H2,12,14)/b8-5+. The van der Waals surface area contributed by atoms with Crippen molar-refractivity contribution in [2.24, 2.45) is 5.73 Å². The number of hydrogen-bond acceptors (Lipinski definition) is 3. The zero-order valence-corrected chi connectivity index (χ0v) is 8.08. The highest BCUT2D eigenvalue weighted by atomic mass is 32.1. The SMILES string of the molecule is N#C/C(=C\c1ccc(O)cc1)C(N)=S. The summed E-state index contributed by atoms with van der Waals surface area (Å²) in [6, 6.07) is 8.30. The third kappa shape index (κ3) is 2.57. The molecule has 0 heterocycles. The first kappa shape index (κ1) is 10.2. The molecule has 0 aliphatic rings. The molecule has 0 unspecified atom stereocenters. The van der Waals surface area contributed by atoms with Gasteiger partial charge in [-0.3, -0.25) is 0 Å². The van der Waals surface area contributed by atoms with Gasteiger partial charge in [-0.2, -0.15) is 5.26 Å². The van der Waals surface area contributed by atoms with Crippen LogP contribution in [0.1, 0.15) is 5.56 Å². The van der Waals surface area contributed by atoms with E-state index in [2.05, 4.69) is 12.2 Å². The van der Waals surface area contributed by atoms with Crippen molar-refractivity contribution in [1.29, 1.82) is 5.26 Å². The lowest BCUT2D eigenvalue weighted by Gasteiger charge is -1.96. The average molecular weight is 204 g/mol. The van der Waals surface area contributed by atoms with Crippen molar-refractivity contribution in [2.45, 2.75) is 0 Å². The fourth-order valence-corrected chi connectivity index (χ4v) is 1.00. The predicted molar refractivity (Wildman–Crippen MR) is 58.5 cm³/mol. The monoisotopic (exact) mass is 204 g/mol. The molecule has 1 rings (SSSR count). The first-order chi connectivity index (χ1) is 6.63. The van der Waals surface area contributed by atoms with Gasteiger partial charge in [-0.05, 0) is 23.8 Å². The van der Waals surface area contributed by atoms with Crippen molar-refractivity contribution in [3.63, 3.8) is 0 Å². The maximum Gasteiger partial charge on any atom is 0.115 e. The molecule has 3 nitrogen and oxygen atoms in total. The molecule has 0 aromatic heterocycles. The Morgan fingerprint density at radius 1 is 1.43 bits per heavy atom. The minimum atomic E-state index is 0.0700. The Bertz CT molecular complexity index is 415. The van der Waals surface area contributed by atoms with Crippen LogP contribution in [0, 0.1) is 11.3 Å². The highest BCUT2D eigenvalue weighted by Crippen LogP contribution is 2.12. The van der Waals surface area contributed by atoms with E-state index in [1.54, 1.807) is 18.2 Å². The van der Waals surface area contributed by atoms with Crippen LogP contribution in [0.2, 0.25) is 0 Å². The Hall–Kier alpha value is -1.86. The van der Waals surface area contributed by atoms with E-state index in [1.807, 2.05) is 6.07 Å². The normalized spacial score (nSPS) is 10.6. The smallest absolute Gasteiger partial charge is 0.115 e. The number of thiocarbonyl (C=S) groups is 1. The first-order valence-corrected chi connectivity index (χ1v) is 4.25. The van der Waals surface area contributed by atoms with Crippen LogP contribution in [-0.4, -0.2) is 10.1 Å². The van der Waals surface area contributed by atoms with E-state index in [4.69, 9.17) is 16.1 Å². The molecule has 0 radical (unpaired) electrons. The first-order valence-electron chi connectivity index (χ1n) is 3.84. The van der Waals surface area contributed by atoms with Crippen molar-refractivity contribution >= 4 is 23.3 Å². The number of rotatable bonds is 2. The summed E-state index contributed by atoms with van der Waals surface area (Å²) >= 11 is 4.68. The summed E-state index contributed by atoms with van der Waals surface area (Å²) in [5, 5.41) is 17.7. The van der Waals surface area contributed by atoms with Crippen LogP contribution >= 0.6 is 12.2 Å². The summed E-state index contributed by atoms with van der Waals surface area (Å²) < 4.78 is 0. The molecule has 0 spiro atoms. The molecule has 0 saturated carbocycles. The lowest BCUT2D eigenvalue weighted by atomic mass is 10.1. The van der Waals surface area contributed by atoms with Gasteiger partial charge in [-0.25, -0.2) is 0 Å².